The van der Waals surface area contributed by atoms with Crippen molar-refractivity contribution in [3.8, 4) is 11.3 Å². The van der Waals surface area contributed by atoms with E-state index in [1.165, 1.54) is 37.7 Å². The lowest BCUT2D eigenvalue weighted by molar-refractivity contribution is -0.119. The topological polar surface area (TPSA) is 69.3 Å². The quantitative estimate of drug-likeness (QED) is 0.263. The van der Waals surface area contributed by atoms with E-state index in [-0.39, 0.29) is 11.9 Å². The first-order valence-corrected chi connectivity index (χ1v) is 15.6. The van der Waals surface area contributed by atoms with Gasteiger partial charge in [-0.1, -0.05) is 53.2 Å². The first kappa shape index (κ1) is 29.2. The van der Waals surface area contributed by atoms with Gasteiger partial charge in [0, 0.05) is 49.4 Å². The number of nitrogens with one attached hydrogen (secondary N) is 3. The second-order valence-corrected chi connectivity index (χ2v) is 12.3. The average molecular weight is 593 g/mol. The van der Waals surface area contributed by atoms with Crippen molar-refractivity contribution in [1.82, 2.24) is 20.5 Å². The number of hydrogen-bond acceptors (Lipinski definition) is 7. The van der Waals surface area contributed by atoms with Gasteiger partial charge in [-0.2, -0.15) is 0 Å². The van der Waals surface area contributed by atoms with Crippen molar-refractivity contribution in [2.45, 2.75) is 42.6 Å². The summed E-state index contributed by atoms with van der Waals surface area (Å²) in [5, 5.41) is 12.8. The van der Waals surface area contributed by atoms with Gasteiger partial charge in [0.05, 0.1) is 21.5 Å². The van der Waals surface area contributed by atoms with Crippen LogP contribution in [-0.2, 0) is 11.3 Å². The molecule has 0 aliphatic carbocycles. The Morgan fingerprint density at radius 1 is 1.13 bits per heavy atom. The molecule has 204 valence electrons. The molecule has 10 heteroatoms. The zero-order chi connectivity index (χ0) is 26.7. The second kappa shape index (κ2) is 15.1. The van der Waals surface area contributed by atoms with Crippen LogP contribution < -0.4 is 16.0 Å². The highest BCUT2D eigenvalue weighted by molar-refractivity contribution is 8.01. The lowest BCUT2D eigenvalue weighted by Crippen LogP contribution is -2.44. The first-order valence-electron chi connectivity index (χ1n) is 13.0. The molecule has 3 aromatic rings. The zero-order valence-electron chi connectivity index (χ0n) is 21.6. The van der Waals surface area contributed by atoms with Crippen molar-refractivity contribution in [3.05, 3.63) is 63.5 Å². The SMILES string of the molecule is C1CCNC1.CNc1cccc(-c2csc(SCC(=O)NC3CCN(Cc4ccc(Cl)c(Cl)c4)CC3)n2)c1. The lowest BCUT2D eigenvalue weighted by Gasteiger charge is -2.32. The molecule has 3 heterocycles. The molecule has 3 N–H and O–H groups in total. The molecule has 0 radical (unpaired) electrons. The maximum absolute atomic E-state index is 12.5. The van der Waals surface area contributed by atoms with Gasteiger partial charge in [-0.15, -0.1) is 11.3 Å². The predicted octanol–water partition coefficient (Wildman–Crippen LogP) is 6.40. The number of amides is 1. The van der Waals surface area contributed by atoms with E-state index in [9.17, 15) is 4.79 Å². The molecule has 2 aromatic carbocycles. The number of nitrogens with zero attached hydrogens (tertiary/aromatic N) is 2. The number of carbonyl (C=O) groups is 1. The van der Waals surface area contributed by atoms with E-state index >= 15 is 0 Å². The number of thioether (sulfide) groups is 1. The van der Waals surface area contributed by atoms with E-state index in [1.807, 2.05) is 48.8 Å². The third-order valence-corrected chi connectivity index (χ3v) is 9.32. The number of hydrogen-bond donors (Lipinski definition) is 3. The Balaban J connectivity index is 0.000000603. The minimum Gasteiger partial charge on any atom is -0.388 e. The highest BCUT2D eigenvalue weighted by atomic mass is 35.5. The molecule has 2 saturated heterocycles. The minimum atomic E-state index is 0.0665. The molecule has 0 bridgehead atoms. The van der Waals surface area contributed by atoms with Gasteiger partial charge >= 0.3 is 0 Å². The molecule has 1 amide bonds. The normalized spacial score (nSPS) is 16.1. The first-order chi connectivity index (χ1) is 18.5. The second-order valence-electron chi connectivity index (χ2n) is 9.44. The third-order valence-electron chi connectivity index (χ3n) is 6.56. The molecule has 1 aromatic heterocycles. The molecule has 6 nitrogen and oxygen atoms in total. The van der Waals surface area contributed by atoms with Gasteiger partial charge in [-0.25, -0.2) is 4.98 Å². The molecular weight excluding hydrogens is 557 g/mol. The van der Waals surface area contributed by atoms with Gasteiger partial charge in [0.25, 0.3) is 0 Å². The fourth-order valence-electron chi connectivity index (χ4n) is 4.44. The fraction of sp³-hybridized carbons (Fsp3) is 0.429. The number of likely N-dealkylation sites (tertiary alicyclic amines) is 1. The van der Waals surface area contributed by atoms with Crippen LogP contribution in [0, 0.1) is 0 Å². The van der Waals surface area contributed by atoms with Crippen molar-refractivity contribution < 1.29 is 4.79 Å². The Labute approximate surface area is 243 Å². The number of aromatic nitrogens is 1. The van der Waals surface area contributed by atoms with Crippen molar-refractivity contribution >= 4 is 57.9 Å². The van der Waals surface area contributed by atoms with Crippen molar-refractivity contribution in [3.63, 3.8) is 0 Å². The van der Waals surface area contributed by atoms with Gasteiger partial charge in [0.2, 0.25) is 5.91 Å². The van der Waals surface area contributed by atoms with Crippen LogP contribution >= 0.6 is 46.3 Å². The van der Waals surface area contributed by atoms with Crippen LogP contribution in [0.15, 0.2) is 52.2 Å². The number of piperidine rings is 1. The summed E-state index contributed by atoms with van der Waals surface area (Å²) in [5.74, 6) is 0.448. The minimum absolute atomic E-state index is 0.0665. The number of benzene rings is 2. The molecule has 2 aliphatic heterocycles. The van der Waals surface area contributed by atoms with Crippen LogP contribution in [0.25, 0.3) is 11.3 Å². The molecule has 38 heavy (non-hydrogen) atoms. The zero-order valence-corrected chi connectivity index (χ0v) is 24.8. The number of halogens is 2. The number of carbonyl (C=O) groups excluding carboxylic acids is 1. The number of thiazole rings is 1. The van der Waals surface area contributed by atoms with E-state index in [4.69, 9.17) is 23.2 Å². The maximum Gasteiger partial charge on any atom is 0.230 e. The van der Waals surface area contributed by atoms with Crippen LogP contribution in [0.1, 0.15) is 31.2 Å². The molecule has 2 fully saturated rings. The maximum atomic E-state index is 12.5. The van der Waals surface area contributed by atoms with Gasteiger partial charge < -0.3 is 16.0 Å². The fourth-order valence-corrected chi connectivity index (χ4v) is 6.41. The average Bonchev–Trinajstić information content (AvgIpc) is 3.67. The number of anilines is 1. The van der Waals surface area contributed by atoms with Gasteiger partial charge in [-0.3, -0.25) is 9.69 Å². The Bertz CT molecular complexity index is 1170. The van der Waals surface area contributed by atoms with Crippen molar-refractivity contribution in [2.75, 3.05) is 44.3 Å². The van der Waals surface area contributed by atoms with Crippen LogP contribution in [0.3, 0.4) is 0 Å². The largest absolute Gasteiger partial charge is 0.388 e. The summed E-state index contributed by atoms with van der Waals surface area (Å²) in [6.07, 6.45) is 4.67. The highest BCUT2D eigenvalue weighted by Gasteiger charge is 2.21. The van der Waals surface area contributed by atoms with Crippen molar-refractivity contribution in [1.29, 1.82) is 0 Å². The molecule has 0 spiro atoms. The van der Waals surface area contributed by atoms with E-state index < -0.39 is 0 Å². The third kappa shape index (κ3) is 9.14. The summed E-state index contributed by atoms with van der Waals surface area (Å²) in [4.78, 5) is 19.6. The van der Waals surface area contributed by atoms with Crippen LogP contribution in [0.5, 0.6) is 0 Å². The monoisotopic (exact) mass is 591 g/mol. The lowest BCUT2D eigenvalue weighted by atomic mass is 10.0. The summed E-state index contributed by atoms with van der Waals surface area (Å²) < 4.78 is 0.909. The molecular formula is C28H35Cl2N5OS2. The van der Waals surface area contributed by atoms with E-state index in [0.29, 0.717) is 15.8 Å². The van der Waals surface area contributed by atoms with E-state index in [1.54, 1.807) is 11.3 Å². The van der Waals surface area contributed by atoms with E-state index in [2.05, 4.69) is 31.9 Å². The highest BCUT2D eigenvalue weighted by Crippen LogP contribution is 2.29. The molecule has 2 aliphatic rings. The Morgan fingerprint density at radius 3 is 2.61 bits per heavy atom. The smallest absolute Gasteiger partial charge is 0.230 e. The van der Waals surface area contributed by atoms with E-state index in [0.717, 1.165) is 59.3 Å². The summed E-state index contributed by atoms with van der Waals surface area (Å²) in [6.45, 7) is 5.23. The van der Waals surface area contributed by atoms with Gasteiger partial charge in [-0.05, 0) is 68.6 Å². The van der Waals surface area contributed by atoms with Gasteiger partial charge in [0.15, 0.2) is 4.34 Å². The summed E-state index contributed by atoms with van der Waals surface area (Å²) in [5.41, 5.74) is 4.22. The summed E-state index contributed by atoms with van der Waals surface area (Å²) in [6, 6.07) is 14.2. The number of rotatable bonds is 8. The summed E-state index contributed by atoms with van der Waals surface area (Å²) in [7, 11) is 1.90. The Kier molecular flexibility index (Phi) is 11.6. The molecule has 0 atom stereocenters. The van der Waals surface area contributed by atoms with Crippen LogP contribution in [0.4, 0.5) is 5.69 Å². The Hall–Kier alpha value is -1.81. The predicted molar refractivity (Wildman–Crippen MR) is 163 cm³/mol. The molecule has 0 unspecified atom stereocenters. The van der Waals surface area contributed by atoms with Gasteiger partial charge in [0.1, 0.15) is 0 Å². The van der Waals surface area contributed by atoms with Crippen LogP contribution in [0.2, 0.25) is 10.0 Å². The van der Waals surface area contributed by atoms with Crippen LogP contribution in [-0.4, -0.2) is 60.8 Å². The molecule has 0 saturated carbocycles. The Morgan fingerprint density at radius 2 is 1.92 bits per heavy atom. The standard InChI is InChI=1S/C24H26Cl2N4OS2.C4H9N/c1-27-19-4-2-3-17(12-19)22-14-32-24(29-22)33-15-23(31)28-18-7-9-30(10-8-18)13-16-5-6-20(25)21(26)11-16;1-2-4-5-3-1/h2-6,11-12,14,18,27H,7-10,13,15H2,1H3,(H,28,31);5H,1-4H2. The van der Waals surface area contributed by atoms with Crippen molar-refractivity contribution in [2.24, 2.45) is 0 Å². The summed E-state index contributed by atoms with van der Waals surface area (Å²) >= 11 is 15.2. The molecule has 5 rings (SSSR count).